The van der Waals surface area contributed by atoms with Crippen LogP contribution in [0, 0.1) is 0 Å². The van der Waals surface area contributed by atoms with Crippen molar-refractivity contribution in [1.82, 2.24) is 4.90 Å². The average Bonchev–Trinajstić information content (AvgIpc) is 2.85. The van der Waals surface area contributed by atoms with Crippen LogP contribution >= 0.6 is 0 Å². The number of aliphatic hydroxyl groups is 1. The minimum Gasteiger partial charge on any atom is -0.503 e. The van der Waals surface area contributed by atoms with Gasteiger partial charge in [0.15, 0.2) is 5.76 Å². The van der Waals surface area contributed by atoms with Gasteiger partial charge in [0, 0.05) is 6.04 Å². The van der Waals surface area contributed by atoms with Gasteiger partial charge in [-0.2, -0.15) is 0 Å². The van der Waals surface area contributed by atoms with Crippen LogP contribution in [0.1, 0.15) is 37.2 Å². The second kappa shape index (κ2) is 5.83. The highest BCUT2D eigenvalue weighted by Gasteiger charge is 2.38. The number of nitrogens with zero attached hydrogens (tertiary/aromatic N) is 1. The molecule has 0 spiro atoms. The van der Waals surface area contributed by atoms with Crippen molar-refractivity contribution in [3.63, 3.8) is 0 Å². The molecule has 5 nitrogen and oxygen atoms in total. The fourth-order valence-corrected chi connectivity index (χ4v) is 3.52. The van der Waals surface area contributed by atoms with Crippen molar-refractivity contribution in [2.45, 2.75) is 37.6 Å². The number of rotatable bonds is 3. The molecule has 1 aromatic rings. The molecule has 0 atom stereocenters. The molecule has 1 aromatic carbocycles. The number of nitrogens with two attached hydrogens (primary N) is 1. The van der Waals surface area contributed by atoms with E-state index < -0.39 is 17.6 Å². The molecule has 1 aliphatic carbocycles. The third-order valence-corrected chi connectivity index (χ3v) is 4.78. The molecule has 0 radical (unpaired) electrons. The van der Waals surface area contributed by atoms with Crippen molar-refractivity contribution in [1.29, 1.82) is 0 Å². The molecule has 5 heteroatoms. The molecule has 2 amide bonds. The van der Waals surface area contributed by atoms with Crippen molar-refractivity contribution < 1.29 is 14.7 Å². The van der Waals surface area contributed by atoms with Crippen molar-refractivity contribution in [2.75, 3.05) is 6.54 Å². The van der Waals surface area contributed by atoms with Gasteiger partial charge in [-0.05, 0) is 37.2 Å². The van der Waals surface area contributed by atoms with E-state index in [0.717, 1.165) is 25.7 Å². The van der Waals surface area contributed by atoms with Crippen LogP contribution in [-0.2, 0) is 9.59 Å². The average molecular weight is 300 g/mol. The van der Waals surface area contributed by atoms with E-state index >= 15 is 0 Å². The quantitative estimate of drug-likeness (QED) is 0.893. The molecule has 3 rings (SSSR count). The lowest BCUT2D eigenvalue weighted by molar-refractivity contribution is -0.130. The molecule has 116 valence electrons. The molecule has 0 aromatic heterocycles. The zero-order chi connectivity index (χ0) is 15.7. The molecule has 1 aliphatic heterocycles. The topological polar surface area (TPSA) is 83.6 Å². The summed E-state index contributed by atoms with van der Waals surface area (Å²) in [6.45, 7) is 0.140. The SMILES string of the molecule is NC(=O)C1=C(O)C(=O)N(C2CCC(c3ccccc3)CC2)C1. The van der Waals surface area contributed by atoms with Crippen LogP contribution in [0.5, 0.6) is 0 Å². The summed E-state index contributed by atoms with van der Waals surface area (Å²) in [6.07, 6.45) is 3.77. The highest BCUT2D eigenvalue weighted by atomic mass is 16.3. The van der Waals surface area contributed by atoms with E-state index in [1.54, 1.807) is 4.90 Å². The molecule has 2 aliphatic rings. The van der Waals surface area contributed by atoms with Crippen LogP contribution < -0.4 is 5.73 Å². The van der Waals surface area contributed by atoms with Crippen molar-refractivity contribution in [3.05, 3.63) is 47.2 Å². The number of carbonyl (C=O) groups is 2. The van der Waals surface area contributed by atoms with Gasteiger partial charge in [0.25, 0.3) is 5.91 Å². The Morgan fingerprint density at radius 2 is 1.77 bits per heavy atom. The van der Waals surface area contributed by atoms with E-state index in [-0.39, 0.29) is 18.2 Å². The molecule has 0 unspecified atom stereocenters. The van der Waals surface area contributed by atoms with Gasteiger partial charge in [0.05, 0.1) is 12.1 Å². The second-order valence-corrected chi connectivity index (χ2v) is 6.04. The van der Waals surface area contributed by atoms with Crippen LogP contribution in [-0.4, -0.2) is 34.4 Å². The smallest absolute Gasteiger partial charge is 0.289 e. The summed E-state index contributed by atoms with van der Waals surface area (Å²) in [5.41, 5.74) is 6.58. The fraction of sp³-hybridized carbons (Fsp3) is 0.412. The first-order valence-electron chi connectivity index (χ1n) is 7.65. The van der Waals surface area contributed by atoms with Crippen LogP contribution in [0.2, 0.25) is 0 Å². The van der Waals surface area contributed by atoms with Crippen LogP contribution in [0.15, 0.2) is 41.7 Å². The second-order valence-electron chi connectivity index (χ2n) is 6.04. The number of carbonyl (C=O) groups excluding carboxylic acids is 2. The zero-order valence-electron chi connectivity index (χ0n) is 12.4. The summed E-state index contributed by atoms with van der Waals surface area (Å²) in [5.74, 6) is -1.13. The molecule has 1 heterocycles. The predicted molar refractivity (Wildman–Crippen MR) is 82.0 cm³/mol. The largest absolute Gasteiger partial charge is 0.503 e. The Bertz CT molecular complexity index is 616. The van der Waals surface area contributed by atoms with Gasteiger partial charge in [-0.15, -0.1) is 0 Å². The van der Waals surface area contributed by atoms with Crippen molar-refractivity contribution in [3.8, 4) is 0 Å². The summed E-state index contributed by atoms with van der Waals surface area (Å²) in [7, 11) is 0. The molecule has 0 bridgehead atoms. The number of amides is 2. The summed E-state index contributed by atoms with van der Waals surface area (Å²) in [6, 6.07) is 10.5. The number of hydrogen-bond donors (Lipinski definition) is 2. The summed E-state index contributed by atoms with van der Waals surface area (Å²) in [4.78, 5) is 24.9. The predicted octanol–water partition coefficient (Wildman–Crippen LogP) is 1.85. The van der Waals surface area contributed by atoms with E-state index in [9.17, 15) is 14.7 Å². The van der Waals surface area contributed by atoms with E-state index in [4.69, 9.17) is 5.73 Å². The van der Waals surface area contributed by atoms with E-state index in [1.807, 2.05) is 18.2 Å². The normalized spacial score (nSPS) is 25.6. The maximum atomic E-state index is 12.1. The summed E-state index contributed by atoms with van der Waals surface area (Å²) >= 11 is 0. The first-order chi connectivity index (χ1) is 10.6. The molecule has 1 fully saturated rings. The third-order valence-electron chi connectivity index (χ3n) is 4.78. The first kappa shape index (κ1) is 14.6. The van der Waals surface area contributed by atoms with Crippen LogP contribution in [0.25, 0.3) is 0 Å². The maximum absolute atomic E-state index is 12.1. The van der Waals surface area contributed by atoms with Crippen molar-refractivity contribution >= 4 is 11.8 Å². The van der Waals surface area contributed by atoms with E-state index in [2.05, 4.69) is 12.1 Å². The standard InChI is InChI=1S/C17H20N2O3/c18-16(21)14-10-19(17(22)15(14)20)13-8-6-12(7-9-13)11-4-2-1-3-5-11/h1-5,12-13,20H,6-10H2,(H2,18,21). The number of primary amides is 1. The maximum Gasteiger partial charge on any atom is 0.289 e. The lowest BCUT2D eigenvalue weighted by atomic mass is 9.81. The van der Waals surface area contributed by atoms with Crippen LogP contribution in [0.3, 0.4) is 0 Å². The molecule has 0 saturated heterocycles. The van der Waals surface area contributed by atoms with E-state index in [1.165, 1.54) is 5.56 Å². The van der Waals surface area contributed by atoms with Gasteiger partial charge in [-0.3, -0.25) is 9.59 Å². The van der Waals surface area contributed by atoms with Gasteiger partial charge >= 0.3 is 0 Å². The molecule has 3 N–H and O–H groups in total. The van der Waals surface area contributed by atoms with Crippen molar-refractivity contribution in [2.24, 2.45) is 5.73 Å². The number of hydrogen-bond acceptors (Lipinski definition) is 3. The lowest BCUT2D eigenvalue weighted by Gasteiger charge is -2.34. The molecule has 22 heavy (non-hydrogen) atoms. The molecule has 1 saturated carbocycles. The highest BCUT2D eigenvalue weighted by Crippen LogP contribution is 2.36. The minimum absolute atomic E-state index is 0.0372. The minimum atomic E-state index is -0.716. The van der Waals surface area contributed by atoms with Gasteiger partial charge in [-0.25, -0.2) is 0 Å². The summed E-state index contributed by atoms with van der Waals surface area (Å²) < 4.78 is 0. The number of aliphatic hydroxyl groups excluding tert-OH is 1. The Kier molecular flexibility index (Phi) is 3.88. The van der Waals surface area contributed by atoms with Gasteiger partial charge in [0.1, 0.15) is 0 Å². The lowest BCUT2D eigenvalue weighted by Crippen LogP contribution is -2.40. The Hall–Kier alpha value is -2.30. The van der Waals surface area contributed by atoms with Crippen LogP contribution in [0.4, 0.5) is 0 Å². The Labute approximate surface area is 129 Å². The fourth-order valence-electron chi connectivity index (χ4n) is 3.52. The first-order valence-corrected chi connectivity index (χ1v) is 7.65. The van der Waals surface area contributed by atoms with Gasteiger partial charge in [0.2, 0.25) is 5.91 Å². The molecular formula is C17H20N2O3. The third kappa shape index (κ3) is 2.58. The Morgan fingerprint density at radius 1 is 1.14 bits per heavy atom. The van der Waals surface area contributed by atoms with E-state index in [0.29, 0.717) is 5.92 Å². The Balaban J connectivity index is 1.63. The zero-order valence-corrected chi connectivity index (χ0v) is 12.4. The van der Waals surface area contributed by atoms with Gasteiger partial charge < -0.3 is 15.7 Å². The monoisotopic (exact) mass is 300 g/mol. The Morgan fingerprint density at radius 3 is 2.32 bits per heavy atom. The van der Waals surface area contributed by atoms with Gasteiger partial charge in [-0.1, -0.05) is 30.3 Å². The number of benzene rings is 1. The highest BCUT2D eigenvalue weighted by molar-refractivity contribution is 6.06. The molecular weight excluding hydrogens is 280 g/mol. The summed E-state index contributed by atoms with van der Waals surface area (Å²) in [5, 5.41) is 9.75.